The van der Waals surface area contributed by atoms with E-state index in [1.807, 2.05) is 57.2 Å². The van der Waals surface area contributed by atoms with E-state index in [4.69, 9.17) is 0 Å². The number of carbonyl (C=O) groups is 2. The van der Waals surface area contributed by atoms with Crippen LogP contribution in [-0.4, -0.2) is 50.3 Å². The summed E-state index contributed by atoms with van der Waals surface area (Å²) >= 11 is 0. The van der Waals surface area contributed by atoms with Crippen LogP contribution in [0.15, 0.2) is 77.7 Å². The SMILES string of the molecule is Cc1ccc(S(=O)(=O)N(CC(=O)N(CCc2ccccc2)[C@H](C)C(=O)NC2CCCC2)c2ccc(C)c(C)c2)cc1. The van der Waals surface area contributed by atoms with Crippen molar-refractivity contribution in [3.05, 3.63) is 95.1 Å². The van der Waals surface area contributed by atoms with Crippen molar-refractivity contribution in [3.8, 4) is 0 Å². The summed E-state index contributed by atoms with van der Waals surface area (Å²) < 4.78 is 29.1. The van der Waals surface area contributed by atoms with Crippen LogP contribution in [0.3, 0.4) is 0 Å². The molecule has 0 aliphatic heterocycles. The molecule has 4 rings (SSSR count). The Balaban J connectivity index is 1.66. The van der Waals surface area contributed by atoms with Gasteiger partial charge in [-0.15, -0.1) is 0 Å². The number of benzene rings is 3. The van der Waals surface area contributed by atoms with E-state index in [-0.39, 0.29) is 23.4 Å². The maximum atomic E-state index is 14.1. The first-order valence-corrected chi connectivity index (χ1v) is 15.8. The highest BCUT2D eigenvalue weighted by Crippen LogP contribution is 2.27. The molecule has 8 heteroatoms. The first-order valence-electron chi connectivity index (χ1n) is 14.4. The lowest BCUT2D eigenvalue weighted by Crippen LogP contribution is -2.53. The molecule has 1 N–H and O–H groups in total. The Bertz CT molecular complexity index is 1450. The Morgan fingerprint density at radius 1 is 0.902 bits per heavy atom. The summed E-state index contributed by atoms with van der Waals surface area (Å²) in [6, 6.07) is 21.1. The number of amides is 2. The zero-order valence-electron chi connectivity index (χ0n) is 24.5. The second kappa shape index (κ2) is 13.3. The summed E-state index contributed by atoms with van der Waals surface area (Å²) in [5, 5.41) is 3.11. The monoisotopic (exact) mass is 575 g/mol. The third-order valence-electron chi connectivity index (χ3n) is 8.02. The van der Waals surface area contributed by atoms with E-state index in [0.717, 1.165) is 47.9 Å². The van der Waals surface area contributed by atoms with E-state index in [1.54, 1.807) is 43.3 Å². The standard InChI is InChI=1S/C33H41N3O4S/c1-24-14-18-31(19-15-24)41(39,40)36(30-17-16-25(2)26(3)22-30)23-32(37)35(21-20-28-10-6-5-7-11-28)27(4)33(38)34-29-12-8-9-13-29/h5-7,10-11,14-19,22,27,29H,8-9,12-13,20-21,23H2,1-4H3,(H,34,38)/t27-/m1/s1. The van der Waals surface area contributed by atoms with Crippen molar-refractivity contribution in [2.45, 2.75) is 76.8 Å². The largest absolute Gasteiger partial charge is 0.352 e. The maximum absolute atomic E-state index is 14.1. The number of hydrogen-bond donors (Lipinski definition) is 1. The molecular weight excluding hydrogens is 534 g/mol. The minimum atomic E-state index is -4.08. The molecule has 3 aromatic carbocycles. The minimum Gasteiger partial charge on any atom is -0.352 e. The van der Waals surface area contributed by atoms with Gasteiger partial charge in [0.1, 0.15) is 12.6 Å². The Labute approximate surface area is 244 Å². The van der Waals surface area contributed by atoms with Gasteiger partial charge < -0.3 is 10.2 Å². The van der Waals surface area contributed by atoms with Crippen LogP contribution >= 0.6 is 0 Å². The van der Waals surface area contributed by atoms with Gasteiger partial charge in [0.05, 0.1) is 10.6 Å². The van der Waals surface area contributed by atoms with Gasteiger partial charge in [-0.05, 0) is 87.9 Å². The van der Waals surface area contributed by atoms with E-state index in [9.17, 15) is 18.0 Å². The number of rotatable bonds is 11. The van der Waals surface area contributed by atoms with E-state index in [0.29, 0.717) is 12.1 Å². The number of anilines is 1. The van der Waals surface area contributed by atoms with Crippen LogP contribution in [-0.2, 0) is 26.0 Å². The number of nitrogens with zero attached hydrogens (tertiary/aromatic N) is 2. The lowest BCUT2D eigenvalue weighted by molar-refractivity contribution is -0.139. The van der Waals surface area contributed by atoms with Gasteiger partial charge in [-0.1, -0.05) is 66.9 Å². The smallest absolute Gasteiger partial charge is 0.264 e. The zero-order valence-corrected chi connectivity index (χ0v) is 25.3. The molecule has 0 aromatic heterocycles. The van der Waals surface area contributed by atoms with Gasteiger partial charge >= 0.3 is 0 Å². The molecule has 0 bridgehead atoms. The predicted molar refractivity (Wildman–Crippen MR) is 163 cm³/mol. The van der Waals surface area contributed by atoms with Crippen LogP contribution in [0.5, 0.6) is 0 Å². The molecular formula is C33H41N3O4S. The lowest BCUT2D eigenvalue weighted by atomic mass is 10.1. The average Bonchev–Trinajstić information content (AvgIpc) is 3.47. The van der Waals surface area contributed by atoms with Crippen molar-refractivity contribution in [1.82, 2.24) is 10.2 Å². The van der Waals surface area contributed by atoms with Crippen LogP contribution in [0.1, 0.15) is 54.9 Å². The normalized spacial score (nSPS) is 14.4. The predicted octanol–water partition coefficient (Wildman–Crippen LogP) is 5.33. The molecule has 1 aliphatic carbocycles. The molecule has 218 valence electrons. The Kier molecular flexibility index (Phi) is 9.86. The molecule has 1 saturated carbocycles. The Hall–Kier alpha value is -3.65. The fourth-order valence-corrected chi connectivity index (χ4v) is 6.61. The third-order valence-corrected chi connectivity index (χ3v) is 9.81. The van der Waals surface area contributed by atoms with Gasteiger partial charge in [0.2, 0.25) is 11.8 Å². The number of carbonyl (C=O) groups excluding carboxylic acids is 2. The molecule has 0 saturated heterocycles. The van der Waals surface area contributed by atoms with Gasteiger partial charge in [-0.3, -0.25) is 13.9 Å². The maximum Gasteiger partial charge on any atom is 0.264 e. The summed E-state index contributed by atoms with van der Waals surface area (Å²) in [5.41, 5.74) is 4.32. The fourth-order valence-electron chi connectivity index (χ4n) is 5.21. The summed E-state index contributed by atoms with van der Waals surface area (Å²) in [6.45, 7) is 7.35. The van der Waals surface area contributed by atoms with Crippen LogP contribution in [0.25, 0.3) is 0 Å². The van der Waals surface area contributed by atoms with Gasteiger partial charge in [0.25, 0.3) is 10.0 Å². The summed E-state index contributed by atoms with van der Waals surface area (Å²) in [6.07, 6.45) is 4.58. The molecule has 7 nitrogen and oxygen atoms in total. The average molecular weight is 576 g/mol. The van der Waals surface area contributed by atoms with Crippen molar-refractivity contribution >= 4 is 27.5 Å². The van der Waals surface area contributed by atoms with Gasteiger partial charge in [0.15, 0.2) is 0 Å². The molecule has 1 fully saturated rings. The van der Waals surface area contributed by atoms with Gasteiger partial charge in [0, 0.05) is 12.6 Å². The van der Waals surface area contributed by atoms with Crippen molar-refractivity contribution in [3.63, 3.8) is 0 Å². The van der Waals surface area contributed by atoms with Crippen LogP contribution < -0.4 is 9.62 Å². The first kappa shape index (κ1) is 30.3. The molecule has 0 unspecified atom stereocenters. The van der Waals surface area contributed by atoms with Crippen molar-refractivity contribution in [2.24, 2.45) is 0 Å². The van der Waals surface area contributed by atoms with Gasteiger partial charge in [-0.2, -0.15) is 0 Å². The molecule has 1 atom stereocenters. The Morgan fingerprint density at radius 3 is 2.20 bits per heavy atom. The summed E-state index contributed by atoms with van der Waals surface area (Å²) in [5.74, 6) is -0.638. The molecule has 41 heavy (non-hydrogen) atoms. The first-order chi connectivity index (χ1) is 19.6. The molecule has 0 spiro atoms. The third kappa shape index (κ3) is 7.55. The molecule has 2 amide bonds. The van der Waals surface area contributed by atoms with Crippen molar-refractivity contribution in [2.75, 3.05) is 17.4 Å². The van der Waals surface area contributed by atoms with E-state index in [1.165, 1.54) is 9.21 Å². The Morgan fingerprint density at radius 2 is 1.56 bits per heavy atom. The van der Waals surface area contributed by atoms with E-state index < -0.39 is 28.5 Å². The molecule has 0 heterocycles. The number of sulfonamides is 1. The number of hydrogen-bond acceptors (Lipinski definition) is 4. The molecule has 3 aromatic rings. The number of nitrogens with one attached hydrogen (secondary N) is 1. The van der Waals surface area contributed by atoms with Crippen LogP contribution in [0.4, 0.5) is 5.69 Å². The minimum absolute atomic E-state index is 0.108. The second-order valence-electron chi connectivity index (χ2n) is 11.1. The quantitative estimate of drug-likeness (QED) is 0.335. The van der Waals surface area contributed by atoms with E-state index in [2.05, 4.69) is 5.32 Å². The molecule has 1 aliphatic rings. The summed E-state index contributed by atoms with van der Waals surface area (Å²) in [4.78, 5) is 29.0. The lowest BCUT2D eigenvalue weighted by Gasteiger charge is -2.32. The van der Waals surface area contributed by atoms with Crippen molar-refractivity contribution in [1.29, 1.82) is 0 Å². The van der Waals surface area contributed by atoms with Crippen LogP contribution in [0, 0.1) is 20.8 Å². The fraction of sp³-hybridized carbons (Fsp3) is 0.394. The highest BCUT2D eigenvalue weighted by Gasteiger charge is 2.33. The molecule has 0 radical (unpaired) electrons. The zero-order chi connectivity index (χ0) is 29.6. The van der Waals surface area contributed by atoms with Crippen molar-refractivity contribution < 1.29 is 18.0 Å². The number of aryl methyl sites for hydroxylation is 3. The topological polar surface area (TPSA) is 86.8 Å². The van der Waals surface area contributed by atoms with Gasteiger partial charge in [-0.25, -0.2) is 8.42 Å². The van der Waals surface area contributed by atoms with Crippen LogP contribution in [0.2, 0.25) is 0 Å². The highest BCUT2D eigenvalue weighted by atomic mass is 32.2. The second-order valence-corrected chi connectivity index (χ2v) is 12.9. The highest BCUT2D eigenvalue weighted by molar-refractivity contribution is 7.92. The van der Waals surface area contributed by atoms with E-state index >= 15 is 0 Å². The summed E-state index contributed by atoms with van der Waals surface area (Å²) in [7, 11) is -4.08.